The Hall–Kier alpha value is -1.79. The van der Waals surface area contributed by atoms with Gasteiger partial charge in [-0.05, 0) is 30.7 Å². The molecule has 1 amide bonds. The van der Waals surface area contributed by atoms with Crippen molar-refractivity contribution < 1.29 is 24.2 Å². The van der Waals surface area contributed by atoms with Crippen molar-refractivity contribution in [3.05, 3.63) is 28.8 Å². The number of hydrogen-bond donors (Lipinski definition) is 1. The molecule has 1 fully saturated rings. The zero-order valence-electron chi connectivity index (χ0n) is 11.5. The molecule has 0 aliphatic carbocycles. The lowest BCUT2D eigenvalue weighted by atomic mass is 10.2. The number of halogens is 1. The average molecular weight is 314 g/mol. The number of benzene rings is 1. The zero-order chi connectivity index (χ0) is 15.4. The number of aryl methyl sites for hydroxylation is 1. The molecule has 0 unspecified atom stereocenters. The van der Waals surface area contributed by atoms with Crippen LogP contribution in [0.1, 0.15) is 5.56 Å². The van der Waals surface area contributed by atoms with Crippen molar-refractivity contribution in [2.24, 2.45) is 0 Å². The van der Waals surface area contributed by atoms with Crippen LogP contribution in [0.3, 0.4) is 0 Å². The van der Waals surface area contributed by atoms with Crippen molar-refractivity contribution in [3.8, 4) is 5.75 Å². The molecule has 21 heavy (non-hydrogen) atoms. The van der Waals surface area contributed by atoms with Gasteiger partial charge in [-0.25, -0.2) is 4.79 Å². The van der Waals surface area contributed by atoms with Gasteiger partial charge in [-0.15, -0.1) is 0 Å². The van der Waals surface area contributed by atoms with E-state index < -0.39 is 12.1 Å². The number of carboxylic acids is 1. The molecule has 1 aliphatic rings. The summed E-state index contributed by atoms with van der Waals surface area (Å²) in [7, 11) is 0. The second-order valence-electron chi connectivity index (χ2n) is 4.74. The molecule has 1 saturated heterocycles. The number of hydrogen-bond acceptors (Lipinski definition) is 4. The van der Waals surface area contributed by atoms with E-state index in [1.54, 1.807) is 18.2 Å². The monoisotopic (exact) mass is 313 g/mol. The second-order valence-corrected chi connectivity index (χ2v) is 5.14. The Morgan fingerprint density at radius 2 is 2.29 bits per heavy atom. The molecule has 2 rings (SSSR count). The first kappa shape index (κ1) is 15.6. The summed E-state index contributed by atoms with van der Waals surface area (Å²) in [4.78, 5) is 24.3. The lowest BCUT2D eigenvalue weighted by Gasteiger charge is -2.30. The van der Waals surface area contributed by atoms with E-state index in [9.17, 15) is 9.59 Å². The molecule has 7 heteroatoms. The molecule has 6 nitrogen and oxygen atoms in total. The second kappa shape index (κ2) is 6.78. The van der Waals surface area contributed by atoms with Gasteiger partial charge in [0, 0.05) is 11.6 Å². The molecular weight excluding hydrogens is 298 g/mol. The first-order valence-electron chi connectivity index (χ1n) is 6.48. The first-order chi connectivity index (χ1) is 9.97. The number of carbonyl (C=O) groups excluding carboxylic acids is 1. The molecule has 1 aliphatic heterocycles. The fraction of sp³-hybridized carbons (Fsp3) is 0.429. The van der Waals surface area contributed by atoms with Gasteiger partial charge in [0.2, 0.25) is 0 Å². The Bertz CT molecular complexity index is 548. The highest BCUT2D eigenvalue weighted by atomic mass is 35.5. The van der Waals surface area contributed by atoms with E-state index in [1.165, 1.54) is 4.90 Å². The quantitative estimate of drug-likeness (QED) is 0.908. The Kier molecular flexibility index (Phi) is 5.03. The maximum atomic E-state index is 12.0. The van der Waals surface area contributed by atoms with Gasteiger partial charge < -0.3 is 19.5 Å². The van der Waals surface area contributed by atoms with Gasteiger partial charge in [0.05, 0.1) is 13.2 Å². The normalized spacial score (nSPS) is 18.4. The number of aliphatic carboxylic acids is 1. The van der Waals surface area contributed by atoms with Crippen LogP contribution in [0.4, 0.5) is 0 Å². The molecule has 0 aromatic heterocycles. The summed E-state index contributed by atoms with van der Waals surface area (Å²) in [6.07, 6.45) is -0.972. The molecule has 1 heterocycles. The van der Waals surface area contributed by atoms with Gasteiger partial charge in [-0.1, -0.05) is 11.6 Å². The van der Waals surface area contributed by atoms with E-state index in [1.807, 2.05) is 6.92 Å². The third-order valence-electron chi connectivity index (χ3n) is 3.19. The van der Waals surface area contributed by atoms with Gasteiger partial charge in [0.15, 0.2) is 12.7 Å². The standard InChI is InChI=1S/C14H16ClNO5/c1-9-6-10(2-3-11(9)15)21-8-13(17)16-4-5-20-12(7-16)14(18)19/h2-3,6,12H,4-5,7-8H2,1H3,(H,18,19)/t12-/m0/s1. The van der Waals surface area contributed by atoms with Crippen LogP contribution >= 0.6 is 11.6 Å². The topological polar surface area (TPSA) is 76.1 Å². The predicted molar refractivity (Wildman–Crippen MR) is 75.6 cm³/mol. The highest BCUT2D eigenvalue weighted by molar-refractivity contribution is 6.31. The number of rotatable bonds is 4. The number of morpholine rings is 1. The first-order valence-corrected chi connectivity index (χ1v) is 6.86. The molecule has 1 aromatic rings. The number of ether oxygens (including phenoxy) is 2. The summed E-state index contributed by atoms with van der Waals surface area (Å²) in [5, 5.41) is 9.53. The maximum Gasteiger partial charge on any atom is 0.334 e. The molecule has 1 N–H and O–H groups in total. The van der Waals surface area contributed by atoms with Crippen LogP contribution in [-0.2, 0) is 14.3 Å². The summed E-state index contributed by atoms with van der Waals surface area (Å²) in [5.74, 6) is -0.785. The summed E-state index contributed by atoms with van der Waals surface area (Å²) >= 11 is 5.91. The third-order valence-corrected chi connectivity index (χ3v) is 3.61. The van der Waals surface area contributed by atoms with E-state index in [2.05, 4.69) is 0 Å². The van der Waals surface area contributed by atoms with Crippen molar-refractivity contribution in [2.45, 2.75) is 13.0 Å². The Balaban J connectivity index is 1.89. The Morgan fingerprint density at radius 1 is 1.52 bits per heavy atom. The number of carbonyl (C=O) groups is 2. The molecule has 0 saturated carbocycles. The number of amides is 1. The van der Waals surface area contributed by atoms with Crippen molar-refractivity contribution >= 4 is 23.5 Å². The highest BCUT2D eigenvalue weighted by Gasteiger charge is 2.29. The van der Waals surface area contributed by atoms with Gasteiger partial charge in [0.25, 0.3) is 5.91 Å². The smallest absolute Gasteiger partial charge is 0.334 e. The molecule has 1 atom stereocenters. The van der Waals surface area contributed by atoms with Crippen molar-refractivity contribution in [1.82, 2.24) is 4.90 Å². The van der Waals surface area contributed by atoms with E-state index in [-0.39, 0.29) is 25.7 Å². The van der Waals surface area contributed by atoms with Gasteiger partial charge in [-0.3, -0.25) is 4.79 Å². The van der Waals surface area contributed by atoms with Crippen molar-refractivity contribution in [3.63, 3.8) is 0 Å². The van der Waals surface area contributed by atoms with Crippen LogP contribution in [0, 0.1) is 6.92 Å². The summed E-state index contributed by atoms with van der Waals surface area (Å²) in [6, 6.07) is 5.13. The van der Waals surface area contributed by atoms with E-state index in [4.69, 9.17) is 26.2 Å². The largest absolute Gasteiger partial charge is 0.484 e. The van der Waals surface area contributed by atoms with Crippen molar-refractivity contribution in [1.29, 1.82) is 0 Å². The Labute approximate surface area is 127 Å². The molecular formula is C14H16ClNO5. The van der Waals surface area contributed by atoms with E-state index in [0.717, 1.165) is 5.56 Å². The van der Waals surface area contributed by atoms with E-state index >= 15 is 0 Å². The minimum absolute atomic E-state index is 0.0389. The molecule has 0 spiro atoms. The molecule has 0 radical (unpaired) electrons. The lowest BCUT2D eigenvalue weighted by Crippen LogP contribution is -2.49. The van der Waals surface area contributed by atoms with E-state index in [0.29, 0.717) is 17.3 Å². The van der Waals surface area contributed by atoms with Crippen LogP contribution in [0.5, 0.6) is 5.75 Å². The van der Waals surface area contributed by atoms with Crippen molar-refractivity contribution in [2.75, 3.05) is 26.3 Å². The zero-order valence-corrected chi connectivity index (χ0v) is 12.3. The fourth-order valence-electron chi connectivity index (χ4n) is 1.97. The minimum Gasteiger partial charge on any atom is -0.484 e. The van der Waals surface area contributed by atoms with Crippen LogP contribution in [0.15, 0.2) is 18.2 Å². The van der Waals surface area contributed by atoms with Crippen LogP contribution in [0.2, 0.25) is 5.02 Å². The minimum atomic E-state index is -1.07. The Morgan fingerprint density at radius 3 is 2.95 bits per heavy atom. The maximum absolute atomic E-state index is 12.0. The average Bonchev–Trinajstić information content (AvgIpc) is 2.48. The molecule has 0 bridgehead atoms. The van der Waals surface area contributed by atoms with Crippen LogP contribution < -0.4 is 4.74 Å². The number of nitrogens with zero attached hydrogens (tertiary/aromatic N) is 1. The number of carboxylic acid groups (broad SMARTS) is 1. The lowest BCUT2D eigenvalue weighted by molar-refractivity contribution is -0.159. The summed E-state index contributed by atoms with van der Waals surface area (Å²) in [5.41, 5.74) is 0.860. The fourth-order valence-corrected chi connectivity index (χ4v) is 2.09. The molecule has 114 valence electrons. The van der Waals surface area contributed by atoms with Gasteiger partial charge in [0.1, 0.15) is 5.75 Å². The van der Waals surface area contributed by atoms with Gasteiger partial charge >= 0.3 is 5.97 Å². The summed E-state index contributed by atoms with van der Waals surface area (Å²) in [6.45, 7) is 2.31. The van der Waals surface area contributed by atoms with Crippen LogP contribution in [-0.4, -0.2) is 54.3 Å². The third kappa shape index (κ3) is 4.09. The van der Waals surface area contributed by atoms with Crippen LogP contribution in [0.25, 0.3) is 0 Å². The predicted octanol–water partition coefficient (Wildman–Crippen LogP) is 1.34. The highest BCUT2D eigenvalue weighted by Crippen LogP contribution is 2.21. The summed E-state index contributed by atoms with van der Waals surface area (Å²) < 4.78 is 10.5. The SMILES string of the molecule is Cc1cc(OCC(=O)N2CCO[C@H](C(=O)O)C2)ccc1Cl. The molecule has 1 aromatic carbocycles. The van der Waals surface area contributed by atoms with Gasteiger partial charge in [-0.2, -0.15) is 0 Å².